The lowest BCUT2D eigenvalue weighted by molar-refractivity contribution is 0.460. The molecule has 2 aromatic carbocycles. The Hall–Kier alpha value is -2.88. The lowest BCUT2D eigenvalue weighted by Gasteiger charge is -2.08. The SMILES string of the molecule is Cc1ccc(Oc2nc3sc4cccc(Cl)c4n3c(=N)c2C#N)cc1. The first kappa shape index (κ1) is 15.6. The van der Waals surface area contributed by atoms with E-state index in [2.05, 4.69) is 4.98 Å². The van der Waals surface area contributed by atoms with Crippen LogP contribution in [0.15, 0.2) is 42.5 Å². The van der Waals surface area contributed by atoms with E-state index in [-0.39, 0.29) is 16.9 Å². The van der Waals surface area contributed by atoms with Crippen LogP contribution in [0.5, 0.6) is 11.6 Å². The van der Waals surface area contributed by atoms with Gasteiger partial charge in [0, 0.05) is 0 Å². The molecule has 5 nitrogen and oxygen atoms in total. The van der Waals surface area contributed by atoms with Crippen molar-refractivity contribution in [3.63, 3.8) is 0 Å². The summed E-state index contributed by atoms with van der Waals surface area (Å²) in [5, 5.41) is 18.5. The number of nitrogens with zero attached hydrogens (tertiary/aromatic N) is 3. The zero-order chi connectivity index (χ0) is 17.6. The molecule has 0 amide bonds. The van der Waals surface area contributed by atoms with Crippen LogP contribution in [0.3, 0.4) is 0 Å². The molecule has 0 radical (unpaired) electrons. The minimum absolute atomic E-state index is 0.00830. The Balaban J connectivity index is 1.98. The van der Waals surface area contributed by atoms with E-state index in [4.69, 9.17) is 21.7 Å². The molecule has 0 unspecified atom stereocenters. The van der Waals surface area contributed by atoms with Gasteiger partial charge in [0.05, 0.1) is 15.2 Å². The van der Waals surface area contributed by atoms with Crippen molar-refractivity contribution in [2.24, 2.45) is 0 Å². The minimum atomic E-state index is 0.00830. The molecule has 4 aromatic rings. The van der Waals surface area contributed by atoms with Gasteiger partial charge in [-0.05, 0) is 31.2 Å². The lowest BCUT2D eigenvalue weighted by Crippen LogP contribution is -2.18. The topological polar surface area (TPSA) is 74.2 Å². The van der Waals surface area contributed by atoms with Gasteiger partial charge in [-0.3, -0.25) is 9.81 Å². The summed E-state index contributed by atoms with van der Waals surface area (Å²) in [5.74, 6) is 0.691. The standard InChI is InChI=1S/C18H11ClN4OS/c1-10-5-7-11(8-6-10)24-17-12(9-20)16(21)23-15-13(19)3-2-4-14(15)25-18(23)22-17/h2-8,21H,1H3. The van der Waals surface area contributed by atoms with Gasteiger partial charge < -0.3 is 4.74 Å². The smallest absolute Gasteiger partial charge is 0.243 e. The molecule has 0 bridgehead atoms. The molecule has 0 aliphatic carbocycles. The maximum Gasteiger partial charge on any atom is 0.243 e. The van der Waals surface area contributed by atoms with Gasteiger partial charge in [-0.15, -0.1) is 0 Å². The monoisotopic (exact) mass is 366 g/mol. The number of nitriles is 1. The zero-order valence-electron chi connectivity index (χ0n) is 13.1. The van der Waals surface area contributed by atoms with Gasteiger partial charge in [-0.2, -0.15) is 10.2 Å². The van der Waals surface area contributed by atoms with Crippen LogP contribution in [0.1, 0.15) is 11.1 Å². The third kappa shape index (κ3) is 2.54. The highest BCUT2D eigenvalue weighted by atomic mass is 35.5. The lowest BCUT2D eigenvalue weighted by atomic mass is 10.2. The van der Waals surface area contributed by atoms with Gasteiger partial charge in [0.15, 0.2) is 16.0 Å². The Bertz CT molecular complexity index is 1220. The van der Waals surface area contributed by atoms with Gasteiger partial charge in [0.1, 0.15) is 11.8 Å². The molecule has 7 heteroatoms. The molecule has 1 N–H and O–H groups in total. The van der Waals surface area contributed by atoms with E-state index in [0.717, 1.165) is 10.3 Å². The number of benzene rings is 2. The summed E-state index contributed by atoms with van der Waals surface area (Å²) >= 11 is 7.68. The van der Waals surface area contributed by atoms with Crippen LogP contribution in [0.4, 0.5) is 0 Å². The second-order valence-electron chi connectivity index (χ2n) is 5.47. The van der Waals surface area contributed by atoms with Gasteiger partial charge >= 0.3 is 0 Å². The van der Waals surface area contributed by atoms with Gasteiger partial charge in [0.2, 0.25) is 5.88 Å². The Morgan fingerprint density at radius 1 is 1.24 bits per heavy atom. The summed E-state index contributed by atoms with van der Waals surface area (Å²) in [5.41, 5.74) is 1.86. The molecule has 122 valence electrons. The maximum atomic E-state index is 9.53. The number of halogens is 1. The summed E-state index contributed by atoms with van der Waals surface area (Å²) in [6, 6.07) is 15.0. The van der Waals surface area contributed by atoms with E-state index >= 15 is 0 Å². The quantitative estimate of drug-likeness (QED) is 0.561. The van der Waals surface area contributed by atoms with Gasteiger partial charge in [-0.1, -0.05) is 46.7 Å². The van der Waals surface area contributed by atoms with Crippen molar-refractivity contribution in [2.45, 2.75) is 6.92 Å². The van der Waals surface area contributed by atoms with Gasteiger partial charge in [-0.25, -0.2) is 0 Å². The zero-order valence-corrected chi connectivity index (χ0v) is 14.6. The maximum absolute atomic E-state index is 9.53. The number of aryl methyl sites for hydroxylation is 1. The second kappa shape index (κ2) is 5.88. The van der Waals surface area contributed by atoms with Gasteiger partial charge in [0.25, 0.3) is 0 Å². The highest BCUT2D eigenvalue weighted by Crippen LogP contribution is 2.31. The predicted molar refractivity (Wildman–Crippen MR) is 97.4 cm³/mol. The fourth-order valence-corrected chi connectivity index (χ4v) is 3.92. The van der Waals surface area contributed by atoms with E-state index in [9.17, 15) is 5.26 Å². The number of nitrogens with one attached hydrogen (secondary N) is 1. The molecule has 0 spiro atoms. The van der Waals surface area contributed by atoms with Crippen molar-refractivity contribution < 1.29 is 4.74 Å². The molecular weight excluding hydrogens is 356 g/mol. The first-order chi connectivity index (χ1) is 12.1. The first-order valence-corrected chi connectivity index (χ1v) is 8.61. The minimum Gasteiger partial charge on any atom is -0.437 e. The summed E-state index contributed by atoms with van der Waals surface area (Å²) < 4.78 is 8.26. The number of ether oxygens (including phenoxy) is 1. The molecule has 0 saturated carbocycles. The van der Waals surface area contributed by atoms with Crippen LogP contribution in [0.25, 0.3) is 15.2 Å². The first-order valence-electron chi connectivity index (χ1n) is 7.41. The van der Waals surface area contributed by atoms with Crippen LogP contribution in [0.2, 0.25) is 5.02 Å². The summed E-state index contributed by atoms with van der Waals surface area (Å²) in [4.78, 5) is 5.01. The van der Waals surface area contributed by atoms with Crippen LogP contribution in [0, 0.1) is 23.7 Å². The van der Waals surface area contributed by atoms with E-state index < -0.39 is 0 Å². The fourth-order valence-electron chi connectivity index (χ4n) is 2.56. The average Bonchev–Trinajstić information content (AvgIpc) is 2.97. The van der Waals surface area contributed by atoms with E-state index in [1.165, 1.54) is 11.3 Å². The molecule has 0 saturated heterocycles. The number of para-hydroxylation sites is 1. The number of rotatable bonds is 2. The van der Waals surface area contributed by atoms with Crippen LogP contribution < -0.4 is 10.2 Å². The highest BCUT2D eigenvalue weighted by molar-refractivity contribution is 7.23. The Morgan fingerprint density at radius 3 is 2.72 bits per heavy atom. The predicted octanol–water partition coefficient (Wildman–Crippen LogP) is 4.65. The van der Waals surface area contributed by atoms with Crippen LogP contribution in [-0.2, 0) is 0 Å². The van der Waals surface area contributed by atoms with E-state index in [1.807, 2.05) is 37.3 Å². The van der Waals surface area contributed by atoms with Crippen LogP contribution >= 0.6 is 22.9 Å². The summed E-state index contributed by atoms with van der Waals surface area (Å²) in [6.45, 7) is 1.98. The Labute approximate surface area is 151 Å². The van der Waals surface area contributed by atoms with Crippen molar-refractivity contribution in [3.05, 3.63) is 64.1 Å². The molecule has 4 rings (SSSR count). The van der Waals surface area contributed by atoms with E-state index in [0.29, 0.717) is 21.2 Å². The Kier molecular flexibility index (Phi) is 3.68. The van der Waals surface area contributed by atoms with Crippen molar-refractivity contribution in [2.75, 3.05) is 0 Å². The van der Waals surface area contributed by atoms with Crippen molar-refractivity contribution >= 4 is 38.1 Å². The largest absolute Gasteiger partial charge is 0.437 e. The molecule has 25 heavy (non-hydrogen) atoms. The van der Waals surface area contributed by atoms with Crippen molar-refractivity contribution in [1.29, 1.82) is 10.7 Å². The summed E-state index contributed by atoms with van der Waals surface area (Å²) in [6.07, 6.45) is 0. The van der Waals surface area contributed by atoms with Crippen molar-refractivity contribution in [3.8, 4) is 17.7 Å². The second-order valence-corrected chi connectivity index (χ2v) is 6.89. The Morgan fingerprint density at radius 2 is 2.00 bits per heavy atom. The van der Waals surface area contributed by atoms with Crippen molar-refractivity contribution in [1.82, 2.24) is 9.38 Å². The molecule has 2 heterocycles. The molecular formula is C18H11ClN4OS. The number of fused-ring (bicyclic) bond motifs is 3. The normalized spacial score (nSPS) is 10.9. The third-order valence-electron chi connectivity index (χ3n) is 3.78. The summed E-state index contributed by atoms with van der Waals surface area (Å²) in [7, 11) is 0. The molecule has 2 aromatic heterocycles. The molecule has 0 aliphatic rings. The number of thiazole rings is 1. The van der Waals surface area contributed by atoms with Crippen LogP contribution in [-0.4, -0.2) is 9.38 Å². The number of hydrogen-bond acceptors (Lipinski definition) is 5. The third-order valence-corrected chi connectivity index (χ3v) is 5.10. The highest BCUT2D eigenvalue weighted by Gasteiger charge is 2.17. The average molecular weight is 367 g/mol. The number of hydrogen-bond donors (Lipinski definition) is 1. The van der Waals surface area contributed by atoms with E-state index in [1.54, 1.807) is 22.6 Å². The fraction of sp³-hybridized carbons (Fsp3) is 0.0556. The molecule has 0 atom stereocenters. The molecule has 0 fully saturated rings. The number of aromatic nitrogens is 2. The molecule has 0 aliphatic heterocycles.